The maximum Gasteiger partial charge on any atom is 0.223 e. The molecule has 1 unspecified atom stereocenters. The number of halogens is 1. The van der Waals surface area contributed by atoms with Gasteiger partial charge in [-0.2, -0.15) is 0 Å². The number of carbonyl (C=O) groups is 1. The Balaban J connectivity index is 1.63. The molecule has 120 valence electrons. The normalized spacial score (nSPS) is 22.1. The smallest absolute Gasteiger partial charge is 0.223 e. The third-order valence-corrected chi connectivity index (χ3v) is 4.91. The molecule has 3 nitrogen and oxygen atoms in total. The summed E-state index contributed by atoms with van der Waals surface area (Å²) in [6.45, 7) is 0. The number of rotatable bonds is 5. The Hall–Kier alpha value is -1.42. The van der Waals surface area contributed by atoms with E-state index in [0.29, 0.717) is 18.8 Å². The van der Waals surface area contributed by atoms with Crippen LogP contribution < -0.4 is 5.32 Å². The molecule has 2 N–H and O–H groups in total. The second-order valence-corrected chi connectivity index (χ2v) is 6.90. The highest BCUT2D eigenvalue weighted by atomic mass is 19.1. The average Bonchev–Trinajstić information content (AvgIpc) is 3.31. The Morgan fingerprint density at radius 2 is 1.86 bits per heavy atom. The highest BCUT2D eigenvalue weighted by Crippen LogP contribution is 2.41. The molecule has 0 aromatic heterocycles. The maximum atomic E-state index is 13.1. The Labute approximate surface area is 130 Å². The minimum Gasteiger partial charge on any atom is -0.389 e. The number of aliphatic hydroxyl groups is 1. The van der Waals surface area contributed by atoms with Gasteiger partial charge >= 0.3 is 0 Å². The molecule has 1 amide bonds. The minimum atomic E-state index is -0.834. The molecule has 1 aromatic rings. The van der Waals surface area contributed by atoms with Crippen LogP contribution in [0.15, 0.2) is 24.3 Å². The lowest BCUT2D eigenvalue weighted by Crippen LogP contribution is -2.40. The topological polar surface area (TPSA) is 49.3 Å². The Morgan fingerprint density at radius 1 is 1.23 bits per heavy atom. The molecule has 0 bridgehead atoms. The first-order chi connectivity index (χ1) is 10.6. The molecular formula is C18H24FNO2. The summed E-state index contributed by atoms with van der Waals surface area (Å²) in [5.41, 5.74) is 0.118. The number of hydrogen-bond acceptors (Lipinski definition) is 2. The summed E-state index contributed by atoms with van der Waals surface area (Å²) in [6.07, 6.45) is 6.92. The van der Waals surface area contributed by atoms with Gasteiger partial charge < -0.3 is 10.4 Å². The molecule has 2 saturated carbocycles. The summed E-state index contributed by atoms with van der Waals surface area (Å²) in [4.78, 5) is 12.4. The maximum absolute atomic E-state index is 13.1. The van der Waals surface area contributed by atoms with E-state index in [1.807, 2.05) is 0 Å². The van der Waals surface area contributed by atoms with Crippen molar-refractivity contribution < 1.29 is 14.3 Å². The van der Waals surface area contributed by atoms with Crippen molar-refractivity contribution >= 4 is 5.91 Å². The molecule has 22 heavy (non-hydrogen) atoms. The predicted octanol–water partition coefficient (Wildman–Crippen LogP) is 3.48. The van der Waals surface area contributed by atoms with Crippen molar-refractivity contribution in [3.63, 3.8) is 0 Å². The molecule has 0 saturated heterocycles. The Kier molecular flexibility index (Phi) is 4.48. The third kappa shape index (κ3) is 3.86. The lowest BCUT2D eigenvalue weighted by Gasteiger charge is -2.32. The SMILES string of the molecule is O=C(CC1(O)CCCCC1)NC(c1ccc(F)cc1)C1CC1. The van der Waals surface area contributed by atoms with E-state index in [1.165, 1.54) is 12.1 Å². The lowest BCUT2D eigenvalue weighted by atomic mass is 9.82. The first kappa shape index (κ1) is 15.5. The molecular weight excluding hydrogens is 281 g/mol. The largest absolute Gasteiger partial charge is 0.389 e. The fourth-order valence-electron chi connectivity index (χ4n) is 3.48. The van der Waals surface area contributed by atoms with Crippen LogP contribution in [0.4, 0.5) is 4.39 Å². The van der Waals surface area contributed by atoms with Crippen LogP contribution in [0.1, 0.15) is 63.0 Å². The van der Waals surface area contributed by atoms with E-state index in [1.54, 1.807) is 12.1 Å². The van der Waals surface area contributed by atoms with Gasteiger partial charge in [0.15, 0.2) is 0 Å². The second-order valence-electron chi connectivity index (χ2n) is 6.90. The van der Waals surface area contributed by atoms with E-state index in [-0.39, 0.29) is 24.2 Å². The standard InChI is InChI=1S/C18H24FNO2/c19-15-8-6-14(7-9-15)17(13-4-5-13)20-16(21)12-18(22)10-2-1-3-11-18/h6-9,13,17,22H,1-5,10-12H2,(H,20,21). The number of carbonyl (C=O) groups excluding carboxylic acids is 1. The van der Waals surface area contributed by atoms with Gasteiger partial charge in [0.2, 0.25) is 5.91 Å². The van der Waals surface area contributed by atoms with Crippen molar-refractivity contribution in [1.82, 2.24) is 5.32 Å². The van der Waals surface area contributed by atoms with Gasteiger partial charge in [-0.25, -0.2) is 4.39 Å². The van der Waals surface area contributed by atoms with Crippen LogP contribution in [-0.4, -0.2) is 16.6 Å². The van der Waals surface area contributed by atoms with Gasteiger partial charge in [0, 0.05) is 0 Å². The molecule has 2 aliphatic carbocycles. The summed E-state index contributed by atoms with van der Waals surface area (Å²) in [7, 11) is 0. The molecule has 4 heteroatoms. The van der Waals surface area contributed by atoms with Crippen molar-refractivity contribution in [2.45, 2.75) is 63.0 Å². The molecule has 0 aliphatic heterocycles. The zero-order valence-corrected chi connectivity index (χ0v) is 12.9. The van der Waals surface area contributed by atoms with E-state index < -0.39 is 5.60 Å². The fraction of sp³-hybridized carbons (Fsp3) is 0.611. The number of hydrogen-bond donors (Lipinski definition) is 2. The highest BCUT2D eigenvalue weighted by Gasteiger charge is 2.36. The average molecular weight is 305 g/mol. The summed E-state index contributed by atoms with van der Waals surface area (Å²) in [6, 6.07) is 6.30. The molecule has 3 rings (SSSR count). The first-order valence-electron chi connectivity index (χ1n) is 8.33. The molecule has 1 aromatic carbocycles. The highest BCUT2D eigenvalue weighted by molar-refractivity contribution is 5.77. The predicted molar refractivity (Wildman–Crippen MR) is 82.7 cm³/mol. The van der Waals surface area contributed by atoms with Crippen molar-refractivity contribution in [3.8, 4) is 0 Å². The fourth-order valence-corrected chi connectivity index (χ4v) is 3.48. The molecule has 2 fully saturated rings. The quantitative estimate of drug-likeness (QED) is 0.875. The van der Waals surface area contributed by atoms with E-state index >= 15 is 0 Å². The second kappa shape index (κ2) is 6.37. The number of benzene rings is 1. The number of nitrogens with one attached hydrogen (secondary N) is 1. The third-order valence-electron chi connectivity index (χ3n) is 4.91. The first-order valence-corrected chi connectivity index (χ1v) is 8.33. The Morgan fingerprint density at radius 3 is 2.45 bits per heavy atom. The molecule has 0 radical (unpaired) electrons. The van der Waals surface area contributed by atoms with Crippen molar-refractivity contribution in [2.75, 3.05) is 0 Å². The van der Waals surface area contributed by atoms with Crippen molar-refractivity contribution in [2.24, 2.45) is 5.92 Å². The van der Waals surface area contributed by atoms with Crippen LogP contribution in [-0.2, 0) is 4.79 Å². The molecule has 0 heterocycles. The Bertz CT molecular complexity index is 518. The summed E-state index contributed by atoms with van der Waals surface area (Å²) in [5.74, 6) is 0.0853. The van der Waals surface area contributed by atoms with Crippen LogP contribution in [0.5, 0.6) is 0 Å². The van der Waals surface area contributed by atoms with Gasteiger partial charge in [0.05, 0.1) is 18.1 Å². The summed E-state index contributed by atoms with van der Waals surface area (Å²) < 4.78 is 13.1. The van der Waals surface area contributed by atoms with E-state index in [2.05, 4.69) is 5.32 Å². The molecule has 0 spiro atoms. The summed E-state index contributed by atoms with van der Waals surface area (Å²) in [5, 5.41) is 13.6. The zero-order valence-electron chi connectivity index (χ0n) is 12.9. The van der Waals surface area contributed by atoms with Crippen LogP contribution in [0, 0.1) is 11.7 Å². The van der Waals surface area contributed by atoms with E-state index in [9.17, 15) is 14.3 Å². The molecule has 2 aliphatic rings. The lowest BCUT2D eigenvalue weighted by molar-refractivity contribution is -0.128. The van der Waals surface area contributed by atoms with Gasteiger partial charge in [0.25, 0.3) is 0 Å². The van der Waals surface area contributed by atoms with Gasteiger partial charge in [0.1, 0.15) is 5.82 Å². The monoisotopic (exact) mass is 305 g/mol. The van der Waals surface area contributed by atoms with Crippen molar-refractivity contribution in [3.05, 3.63) is 35.6 Å². The van der Waals surface area contributed by atoms with Crippen LogP contribution >= 0.6 is 0 Å². The van der Waals surface area contributed by atoms with Gasteiger partial charge in [-0.1, -0.05) is 31.4 Å². The van der Waals surface area contributed by atoms with Crippen molar-refractivity contribution in [1.29, 1.82) is 0 Å². The zero-order chi connectivity index (χ0) is 15.6. The van der Waals surface area contributed by atoms with Crippen LogP contribution in [0.25, 0.3) is 0 Å². The van der Waals surface area contributed by atoms with Crippen LogP contribution in [0.3, 0.4) is 0 Å². The molecule has 1 atom stereocenters. The van der Waals surface area contributed by atoms with Gasteiger partial charge in [-0.3, -0.25) is 4.79 Å². The van der Waals surface area contributed by atoms with E-state index in [4.69, 9.17) is 0 Å². The van der Waals surface area contributed by atoms with Gasteiger partial charge in [-0.15, -0.1) is 0 Å². The van der Waals surface area contributed by atoms with E-state index in [0.717, 1.165) is 37.7 Å². The van der Waals surface area contributed by atoms with Gasteiger partial charge in [-0.05, 0) is 49.3 Å². The minimum absolute atomic E-state index is 0.0553. The number of amides is 1. The summed E-state index contributed by atoms with van der Waals surface area (Å²) >= 11 is 0. The van der Waals surface area contributed by atoms with Crippen LogP contribution in [0.2, 0.25) is 0 Å².